The van der Waals surface area contributed by atoms with Crippen molar-refractivity contribution in [2.24, 2.45) is 5.73 Å². The molecule has 0 saturated heterocycles. The van der Waals surface area contributed by atoms with Crippen LogP contribution in [0.4, 0.5) is 0 Å². The maximum atomic E-state index is 5.70. The van der Waals surface area contributed by atoms with E-state index in [0.717, 1.165) is 37.4 Å². The van der Waals surface area contributed by atoms with Crippen molar-refractivity contribution in [2.45, 2.75) is 32.4 Å². The summed E-state index contributed by atoms with van der Waals surface area (Å²) in [6, 6.07) is 6.40. The molecule has 1 aromatic carbocycles. The number of nitrogens with one attached hydrogen (secondary N) is 1. The highest BCUT2D eigenvalue weighted by atomic mass is 16.6. The van der Waals surface area contributed by atoms with Crippen molar-refractivity contribution in [3.63, 3.8) is 0 Å². The van der Waals surface area contributed by atoms with Crippen molar-refractivity contribution in [3.05, 3.63) is 23.8 Å². The van der Waals surface area contributed by atoms with Gasteiger partial charge in [-0.2, -0.15) is 0 Å². The highest BCUT2D eigenvalue weighted by Gasteiger charge is 2.11. The van der Waals surface area contributed by atoms with E-state index >= 15 is 0 Å². The van der Waals surface area contributed by atoms with Gasteiger partial charge in [0.25, 0.3) is 0 Å². The smallest absolute Gasteiger partial charge is 0.161 e. The van der Waals surface area contributed by atoms with Crippen LogP contribution < -0.4 is 20.5 Å². The third kappa shape index (κ3) is 3.89. The first-order valence-electron chi connectivity index (χ1n) is 6.60. The molecular formula is C14H22N2O2. The van der Waals surface area contributed by atoms with E-state index in [9.17, 15) is 0 Å². The first-order valence-corrected chi connectivity index (χ1v) is 6.60. The van der Waals surface area contributed by atoms with E-state index in [1.54, 1.807) is 0 Å². The standard InChI is InChI=1S/C14H22N2O2/c1-11(15)3-2-6-16-10-12-4-5-13-14(9-12)18-8-7-17-13/h4-5,9,11,16H,2-3,6-8,10,15H2,1H3. The summed E-state index contributed by atoms with van der Waals surface area (Å²) in [5, 5.41) is 3.41. The molecule has 0 radical (unpaired) electrons. The first kappa shape index (κ1) is 13.2. The lowest BCUT2D eigenvalue weighted by atomic mass is 10.1. The van der Waals surface area contributed by atoms with Gasteiger partial charge in [0.05, 0.1) is 0 Å². The Morgan fingerprint density at radius 3 is 2.83 bits per heavy atom. The van der Waals surface area contributed by atoms with Crippen molar-refractivity contribution in [3.8, 4) is 11.5 Å². The van der Waals surface area contributed by atoms with Crippen LogP contribution in [0.25, 0.3) is 0 Å². The van der Waals surface area contributed by atoms with Gasteiger partial charge in [-0.3, -0.25) is 0 Å². The van der Waals surface area contributed by atoms with E-state index in [0.29, 0.717) is 19.3 Å². The van der Waals surface area contributed by atoms with E-state index in [4.69, 9.17) is 15.2 Å². The molecule has 0 bridgehead atoms. The topological polar surface area (TPSA) is 56.5 Å². The highest BCUT2D eigenvalue weighted by Crippen LogP contribution is 2.30. The van der Waals surface area contributed by atoms with Crippen molar-refractivity contribution in [2.75, 3.05) is 19.8 Å². The molecule has 4 heteroatoms. The number of rotatable bonds is 6. The lowest BCUT2D eigenvalue weighted by molar-refractivity contribution is 0.171. The van der Waals surface area contributed by atoms with Crippen LogP contribution in [0.2, 0.25) is 0 Å². The maximum absolute atomic E-state index is 5.70. The summed E-state index contributed by atoms with van der Waals surface area (Å²) in [5.74, 6) is 1.71. The van der Waals surface area contributed by atoms with E-state index in [-0.39, 0.29) is 0 Å². The predicted molar refractivity (Wildman–Crippen MR) is 72.0 cm³/mol. The van der Waals surface area contributed by atoms with Crippen molar-refractivity contribution in [1.29, 1.82) is 0 Å². The van der Waals surface area contributed by atoms with Gasteiger partial charge in [0.1, 0.15) is 13.2 Å². The van der Waals surface area contributed by atoms with E-state index < -0.39 is 0 Å². The number of benzene rings is 1. The average molecular weight is 250 g/mol. The van der Waals surface area contributed by atoms with Crippen LogP contribution in [0.15, 0.2) is 18.2 Å². The molecule has 1 heterocycles. The molecule has 100 valence electrons. The zero-order chi connectivity index (χ0) is 12.8. The Kier molecular flexibility index (Phi) is 4.84. The Labute approximate surface area is 108 Å². The van der Waals surface area contributed by atoms with Crippen LogP contribution in [0.1, 0.15) is 25.3 Å². The van der Waals surface area contributed by atoms with E-state index in [1.807, 2.05) is 19.1 Å². The van der Waals surface area contributed by atoms with Crippen LogP contribution in [-0.2, 0) is 6.54 Å². The molecule has 0 spiro atoms. The van der Waals surface area contributed by atoms with E-state index in [2.05, 4.69) is 11.4 Å². The van der Waals surface area contributed by atoms with Gasteiger partial charge in [0, 0.05) is 12.6 Å². The van der Waals surface area contributed by atoms with Gasteiger partial charge in [-0.1, -0.05) is 6.07 Å². The molecule has 0 aliphatic carbocycles. The quantitative estimate of drug-likeness (QED) is 0.754. The van der Waals surface area contributed by atoms with Crippen LogP contribution in [0.5, 0.6) is 11.5 Å². The Morgan fingerprint density at radius 1 is 1.28 bits per heavy atom. The third-order valence-electron chi connectivity index (χ3n) is 2.95. The summed E-state index contributed by atoms with van der Waals surface area (Å²) in [4.78, 5) is 0. The second-order valence-electron chi connectivity index (χ2n) is 4.77. The summed E-state index contributed by atoms with van der Waals surface area (Å²) >= 11 is 0. The minimum absolute atomic E-state index is 0.293. The summed E-state index contributed by atoms with van der Waals surface area (Å²) in [5.41, 5.74) is 6.93. The minimum Gasteiger partial charge on any atom is -0.486 e. The van der Waals surface area contributed by atoms with Gasteiger partial charge in [0.15, 0.2) is 11.5 Å². The second-order valence-corrected chi connectivity index (χ2v) is 4.77. The van der Waals surface area contributed by atoms with Gasteiger partial charge in [0.2, 0.25) is 0 Å². The Morgan fingerprint density at radius 2 is 2.06 bits per heavy atom. The first-order chi connectivity index (χ1) is 8.75. The molecule has 1 aromatic rings. The molecule has 0 aromatic heterocycles. The average Bonchev–Trinajstić information content (AvgIpc) is 2.38. The molecule has 18 heavy (non-hydrogen) atoms. The van der Waals surface area contributed by atoms with Crippen LogP contribution in [-0.4, -0.2) is 25.8 Å². The van der Waals surface area contributed by atoms with Gasteiger partial charge in [-0.15, -0.1) is 0 Å². The molecule has 1 aliphatic rings. The van der Waals surface area contributed by atoms with Crippen molar-refractivity contribution in [1.82, 2.24) is 5.32 Å². The SMILES string of the molecule is CC(N)CCCNCc1ccc2c(c1)OCCO2. The fourth-order valence-electron chi connectivity index (χ4n) is 1.98. The molecule has 0 amide bonds. The molecule has 1 atom stereocenters. The maximum Gasteiger partial charge on any atom is 0.161 e. The fraction of sp³-hybridized carbons (Fsp3) is 0.571. The lowest BCUT2D eigenvalue weighted by Crippen LogP contribution is -2.20. The van der Waals surface area contributed by atoms with Crippen molar-refractivity contribution < 1.29 is 9.47 Å². The van der Waals surface area contributed by atoms with Gasteiger partial charge in [-0.05, 0) is 44.0 Å². The lowest BCUT2D eigenvalue weighted by Gasteiger charge is -2.19. The molecule has 4 nitrogen and oxygen atoms in total. The molecule has 3 N–H and O–H groups in total. The largest absolute Gasteiger partial charge is 0.486 e. The number of fused-ring (bicyclic) bond motifs is 1. The normalized spacial score (nSPS) is 15.4. The zero-order valence-electron chi connectivity index (χ0n) is 10.9. The molecule has 0 saturated carbocycles. The monoisotopic (exact) mass is 250 g/mol. The Bertz CT molecular complexity index is 380. The minimum atomic E-state index is 0.293. The second kappa shape index (κ2) is 6.61. The molecule has 1 aliphatic heterocycles. The van der Waals surface area contributed by atoms with Crippen LogP contribution >= 0.6 is 0 Å². The summed E-state index contributed by atoms with van der Waals surface area (Å²) in [6.07, 6.45) is 2.18. The number of hydrogen-bond acceptors (Lipinski definition) is 4. The van der Waals surface area contributed by atoms with Crippen LogP contribution in [0, 0.1) is 0 Å². The van der Waals surface area contributed by atoms with Crippen molar-refractivity contribution >= 4 is 0 Å². The summed E-state index contributed by atoms with van der Waals surface area (Å²) in [7, 11) is 0. The number of ether oxygens (including phenoxy) is 2. The molecule has 0 fully saturated rings. The van der Waals surface area contributed by atoms with E-state index in [1.165, 1.54) is 5.56 Å². The fourth-order valence-corrected chi connectivity index (χ4v) is 1.98. The summed E-state index contributed by atoms with van der Waals surface area (Å²) < 4.78 is 11.0. The van der Waals surface area contributed by atoms with Gasteiger partial charge >= 0.3 is 0 Å². The van der Waals surface area contributed by atoms with Gasteiger partial charge < -0.3 is 20.5 Å². The van der Waals surface area contributed by atoms with Crippen LogP contribution in [0.3, 0.4) is 0 Å². The predicted octanol–water partition coefficient (Wildman–Crippen LogP) is 1.67. The summed E-state index contributed by atoms with van der Waals surface area (Å²) in [6.45, 7) is 5.17. The zero-order valence-corrected chi connectivity index (χ0v) is 10.9. The molecular weight excluding hydrogens is 228 g/mol. The Hall–Kier alpha value is -1.26. The van der Waals surface area contributed by atoms with Gasteiger partial charge in [-0.25, -0.2) is 0 Å². The highest BCUT2D eigenvalue weighted by molar-refractivity contribution is 5.43. The third-order valence-corrected chi connectivity index (χ3v) is 2.95. The number of hydrogen-bond donors (Lipinski definition) is 2. The molecule has 1 unspecified atom stereocenters. The Balaban J connectivity index is 1.76. The number of nitrogens with two attached hydrogens (primary N) is 1. The molecule has 2 rings (SSSR count).